The lowest BCUT2D eigenvalue weighted by atomic mass is 10.1. The molecule has 5 heteroatoms. The van der Waals surface area contributed by atoms with Crippen molar-refractivity contribution in [2.45, 2.75) is 38.3 Å². The van der Waals surface area contributed by atoms with Crippen LogP contribution in [-0.2, 0) is 11.3 Å². The van der Waals surface area contributed by atoms with Crippen molar-refractivity contribution in [3.63, 3.8) is 0 Å². The van der Waals surface area contributed by atoms with E-state index in [4.69, 9.17) is 4.42 Å². The zero-order chi connectivity index (χ0) is 16.0. The number of nitrogens with zero attached hydrogens (tertiary/aromatic N) is 1. The van der Waals surface area contributed by atoms with Gasteiger partial charge in [0.25, 0.3) is 5.91 Å². The molecule has 1 unspecified atom stereocenters. The molecule has 0 radical (unpaired) electrons. The number of furan rings is 1. The number of para-hydroxylation sites is 1. The topological polar surface area (TPSA) is 62.6 Å². The van der Waals surface area contributed by atoms with Crippen molar-refractivity contribution in [1.82, 2.24) is 4.90 Å². The number of anilines is 1. The minimum absolute atomic E-state index is 0.139. The van der Waals surface area contributed by atoms with E-state index in [0.717, 1.165) is 29.9 Å². The molecule has 1 N–H and O–H groups in total. The summed E-state index contributed by atoms with van der Waals surface area (Å²) in [5.74, 6) is 0.812. The van der Waals surface area contributed by atoms with E-state index in [1.54, 1.807) is 24.2 Å². The molecule has 2 amide bonds. The highest BCUT2D eigenvalue weighted by atomic mass is 16.3. The standard InChI is InChI=1S/C18H18N2O3/c1-11-17(21)19-15-5-3-2-4-13(15)10-20(11)18(22)14-8-9-23-16(14)12-6-7-12/h2-5,8-9,11-12H,6-7,10H2,1H3,(H,19,21). The average Bonchev–Trinajstić information content (AvgIpc) is 3.30. The van der Waals surface area contributed by atoms with Crippen LogP contribution in [0.1, 0.15) is 47.4 Å². The predicted molar refractivity (Wildman–Crippen MR) is 85.1 cm³/mol. The lowest BCUT2D eigenvalue weighted by Gasteiger charge is -2.25. The average molecular weight is 310 g/mol. The van der Waals surface area contributed by atoms with Gasteiger partial charge in [-0.3, -0.25) is 9.59 Å². The van der Waals surface area contributed by atoms with Crippen LogP contribution in [-0.4, -0.2) is 22.8 Å². The highest BCUT2D eigenvalue weighted by Gasteiger charge is 2.36. The minimum Gasteiger partial charge on any atom is -0.468 e. The van der Waals surface area contributed by atoms with E-state index < -0.39 is 6.04 Å². The third-order valence-electron chi connectivity index (χ3n) is 4.60. The van der Waals surface area contributed by atoms with Crippen molar-refractivity contribution in [2.75, 3.05) is 5.32 Å². The first-order chi connectivity index (χ1) is 11.1. The third kappa shape index (κ3) is 2.42. The number of hydrogen-bond donors (Lipinski definition) is 1. The van der Waals surface area contributed by atoms with Gasteiger partial charge in [0, 0.05) is 18.2 Å². The Labute approximate surface area is 134 Å². The number of rotatable bonds is 2. The molecule has 1 aliphatic heterocycles. The van der Waals surface area contributed by atoms with Crippen molar-refractivity contribution in [2.24, 2.45) is 0 Å². The summed E-state index contributed by atoms with van der Waals surface area (Å²) in [6, 6.07) is 8.78. The fraction of sp³-hybridized carbons (Fsp3) is 0.333. The van der Waals surface area contributed by atoms with Crippen LogP contribution >= 0.6 is 0 Å². The van der Waals surface area contributed by atoms with Gasteiger partial charge in [-0.25, -0.2) is 0 Å². The van der Waals surface area contributed by atoms with Crippen molar-refractivity contribution in [3.05, 3.63) is 53.5 Å². The van der Waals surface area contributed by atoms with E-state index in [9.17, 15) is 9.59 Å². The fourth-order valence-corrected chi connectivity index (χ4v) is 3.04. The van der Waals surface area contributed by atoms with Gasteiger partial charge in [0.15, 0.2) is 0 Å². The molecule has 1 saturated carbocycles. The van der Waals surface area contributed by atoms with Gasteiger partial charge in [-0.05, 0) is 37.5 Å². The van der Waals surface area contributed by atoms with Crippen molar-refractivity contribution in [3.8, 4) is 0 Å². The summed E-state index contributed by atoms with van der Waals surface area (Å²) in [7, 11) is 0. The normalized spacial score (nSPS) is 20.7. The number of fused-ring (bicyclic) bond motifs is 1. The SMILES string of the molecule is CC1C(=O)Nc2ccccc2CN1C(=O)c1ccoc1C1CC1. The molecule has 1 fully saturated rings. The maximum Gasteiger partial charge on any atom is 0.258 e. The Kier molecular flexibility index (Phi) is 3.22. The van der Waals surface area contributed by atoms with Gasteiger partial charge in [-0.15, -0.1) is 0 Å². The second-order valence-electron chi connectivity index (χ2n) is 6.23. The van der Waals surface area contributed by atoms with Crippen LogP contribution in [0.3, 0.4) is 0 Å². The number of carbonyl (C=O) groups excluding carboxylic acids is 2. The zero-order valence-electron chi connectivity index (χ0n) is 12.9. The van der Waals surface area contributed by atoms with Crippen LogP contribution in [0.5, 0.6) is 0 Å². The van der Waals surface area contributed by atoms with Crippen LogP contribution in [0.15, 0.2) is 41.0 Å². The van der Waals surface area contributed by atoms with Crippen LogP contribution in [0.2, 0.25) is 0 Å². The van der Waals surface area contributed by atoms with Crippen molar-refractivity contribution < 1.29 is 14.0 Å². The van der Waals surface area contributed by atoms with Gasteiger partial charge in [-0.2, -0.15) is 0 Å². The molecule has 0 spiro atoms. The molecular formula is C18H18N2O3. The Morgan fingerprint density at radius 3 is 2.83 bits per heavy atom. The summed E-state index contributed by atoms with van der Waals surface area (Å²) < 4.78 is 5.52. The van der Waals surface area contributed by atoms with Crippen molar-refractivity contribution >= 4 is 17.5 Å². The number of benzene rings is 1. The molecule has 5 nitrogen and oxygen atoms in total. The predicted octanol–water partition coefficient (Wildman–Crippen LogP) is 3.14. The number of nitrogens with one attached hydrogen (secondary N) is 1. The summed E-state index contributed by atoms with van der Waals surface area (Å²) in [6.07, 6.45) is 3.69. The second kappa shape index (κ2) is 5.26. The molecule has 1 aliphatic carbocycles. The summed E-state index contributed by atoms with van der Waals surface area (Å²) in [5, 5.41) is 2.90. The van der Waals surface area contributed by atoms with Gasteiger partial charge in [-0.1, -0.05) is 18.2 Å². The van der Waals surface area contributed by atoms with Gasteiger partial charge >= 0.3 is 0 Å². The number of hydrogen-bond acceptors (Lipinski definition) is 3. The summed E-state index contributed by atoms with van der Waals surface area (Å²) in [5.41, 5.74) is 2.30. The Morgan fingerprint density at radius 1 is 1.26 bits per heavy atom. The first kappa shape index (κ1) is 14.1. The van der Waals surface area contributed by atoms with E-state index in [-0.39, 0.29) is 11.8 Å². The fourth-order valence-electron chi connectivity index (χ4n) is 3.04. The second-order valence-corrected chi connectivity index (χ2v) is 6.23. The first-order valence-electron chi connectivity index (χ1n) is 7.92. The van der Waals surface area contributed by atoms with Gasteiger partial charge in [0.05, 0.1) is 11.8 Å². The molecule has 1 aromatic heterocycles. The summed E-state index contributed by atoms with van der Waals surface area (Å²) in [6.45, 7) is 2.17. The third-order valence-corrected chi connectivity index (χ3v) is 4.60. The smallest absolute Gasteiger partial charge is 0.258 e. The van der Waals surface area contributed by atoms with Gasteiger partial charge in [0.1, 0.15) is 11.8 Å². The molecule has 1 aromatic carbocycles. The van der Waals surface area contributed by atoms with Crippen LogP contribution in [0.25, 0.3) is 0 Å². The molecule has 118 valence electrons. The molecule has 0 bridgehead atoms. The number of carbonyl (C=O) groups is 2. The van der Waals surface area contributed by atoms with E-state index in [1.165, 1.54) is 0 Å². The largest absolute Gasteiger partial charge is 0.468 e. The molecule has 2 heterocycles. The zero-order valence-corrected chi connectivity index (χ0v) is 12.9. The molecule has 1 atom stereocenters. The van der Waals surface area contributed by atoms with Crippen LogP contribution in [0, 0.1) is 0 Å². The molecule has 23 heavy (non-hydrogen) atoms. The van der Waals surface area contributed by atoms with E-state index >= 15 is 0 Å². The molecular weight excluding hydrogens is 292 g/mol. The molecule has 4 rings (SSSR count). The highest BCUT2D eigenvalue weighted by Crippen LogP contribution is 2.42. The quantitative estimate of drug-likeness (QED) is 0.927. The lowest BCUT2D eigenvalue weighted by molar-refractivity contribution is -0.120. The summed E-state index contributed by atoms with van der Waals surface area (Å²) >= 11 is 0. The van der Waals surface area contributed by atoms with E-state index in [1.807, 2.05) is 24.3 Å². The monoisotopic (exact) mass is 310 g/mol. The first-order valence-corrected chi connectivity index (χ1v) is 7.92. The lowest BCUT2D eigenvalue weighted by Crippen LogP contribution is -2.43. The number of amides is 2. The maximum absolute atomic E-state index is 13.0. The Hall–Kier alpha value is -2.56. The van der Waals surface area contributed by atoms with Crippen molar-refractivity contribution in [1.29, 1.82) is 0 Å². The Morgan fingerprint density at radius 2 is 2.04 bits per heavy atom. The van der Waals surface area contributed by atoms with Crippen LogP contribution < -0.4 is 5.32 Å². The highest BCUT2D eigenvalue weighted by molar-refractivity contribution is 6.02. The maximum atomic E-state index is 13.0. The van der Waals surface area contributed by atoms with E-state index in [2.05, 4.69) is 5.32 Å². The Bertz CT molecular complexity index is 776. The Balaban J connectivity index is 1.70. The summed E-state index contributed by atoms with van der Waals surface area (Å²) in [4.78, 5) is 27.0. The molecule has 2 aromatic rings. The minimum atomic E-state index is -0.531. The van der Waals surface area contributed by atoms with Gasteiger partial charge < -0.3 is 14.6 Å². The molecule has 2 aliphatic rings. The molecule has 0 saturated heterocycles. The van der Waals surface area contributed by atoms with Gasteiger partial charge in [0.2, 0.25) is 5.91 Å². The van der Waals surface area contributed by atoms with Crippen LogP contribution in [0.4, 0.5) is 5.69 Å². The van der Waals surface area contributed by atoms with E-state index in [0.29, 0.717) is 18.0 Å².